The summed E-state index contributed by atoms with van der Waals surface area (Å²) >= 11 is 7.26. The van der Waals surface area contributed by atoms with Crippen LogP contribution in [0.5, 0.6) is 0 Å². The number of aryl methyl sites for hydroxylation is 1. The molecule has 132 valence electrons. The van der Waals surface area contributed by atoms with Crippen LogP contribution in [0.4, 0.5) is 0 Å². The van der Waals surface area contributed by atoms with E-state index >= 15 is 0 Å². The van der Waals surface area contributed by atoms with Crippen LogP contribution in [-0.2, 0) is 17.8 Å². The summed E-state index contributed by atoms with van der Waals surface area (Å²) in [6.45, 7) is 0.567. The van der Waals surface area contributed by atoms with Crippen LogP contribution in [0.25, 0.3) is 0 Å². The second-order valence-electron chi connectivity index (χ2n) is 5.70. The minimum atomic E-state index is 0.0590. The molecule has 0 radical (unpaired) electrons. The van der Waals surface area contributed by atoms with E-state index in [1.807, 2.05) is 60.7 Å². The van der Waals surface area contributed by atoms with Crippen LogP contribution in [0, 0.1) is 0 Å². The lowest BCUT2D eigenvalue weighted by molar-refractivity contribution is -0.121. The SMILES string of the molecule is O=C(CCc1ccc(Sc2ccc(Cl)nn2)cc1)NCc1ccccc1. The van der Waals surface area contributed by atoms with Crippen LogP contribution < -0.4 is 5.32 Å². The van der Waals surface area contributed by atoms with Gasteiger partial charge >= 0.3 is 0 Å². The first kappa shape index (κ1) is 18.4. The maximum Gasteiger partial charge on any atom is 0.220 e. The fourth-order valence-electron chi connectivity index (χ4n) is 2.35. The van der Waals surface area contributed by atoms with E-state index in [1.54, 1.807) is 6.07 Å². The van der Waals surface area contributed by atoms with Crippen LogP contribution in [0.2, 0.25) is 5.15 Å². The lowest BCUT2D eigenvalue weighted by Crippen LogP contribution is -2.22. The van der Waals surface area contributed by atoms with Gasteiger partial charge in [-0.25, -0.2) is 0 Å². The number of carbonyl (C=O) groups excluding carboxylic acids is 1. The average Bonchev–Trinajstić information content (AvgIpc) is 2.68. The average molecular weight is 384 g/mol. The molecule has 6 heteroatoms. The molecular formula is C20H18ClN3OS. The predicted molar refractivity (Wildman–Crippen MR) is 104 cm³/mol. The highest BCUT2D eigenvalue weighted by Crippen LogP contribution is 2.26. The van der Waals surface area contributed by atoms with Crippen molar-refractivity contribution in [3.63, 3.8) is 0 Å². The molecular weight excluding hydrogens is 366 g/mol. The van der Waals surface area contributed by atoms with Crippen LogP contribution >= 0.6 is 23.4 Å². The van der Waals surface area contributed by atoms with Gasteiger partial charge in [0, 0.05) is 17.9 Å². The van der Waals surface area contributed by atoms with E-state index in [-0.39, 0.29) is 5.91 Å². The monoisotopic (exact) mass is 383 g/mol. The van der Waals surface area contributed by atoms with E-state index in [0.717, 1.165) is 21.0 Å². The highest BCUT2D eigenvalue weighted by molar-refractivity contribution is 7.99. The molecule has 0 aliphatic rings. The molecule has 1 N–H and O–H groups in total. The largest absolute Gasteiger partial charge is 0.352 e. The molecule has 3 aromatic rings. The summed E-state index contributed by atoms with van der Waals surface area (Å²) in [5.41, 5.74) is 2.24. The van der Waals surface area contributed by atoms with E-state index in [0.29, 0.717) is 24.5 Å². The molecule has 1 aromatic heterocycles. The summed E-state index contributed by atoms with van der Waals surface area (Å²) in [6.07, 6.45) is 1.19. The van der Waals surface area contributed by atoms with Crippen molar-refractivity contribution in [2.75, 3.05) is 0 Å². The Morgan fingerprint density at radius 3 is 2.38 bits per heavy atom. The Kier molecular flexibility index (Phi) is 6.63. The highest BCUT2D eigenvalue weighted by atomic mass is 35.5. The van der Waals surface area contributed by atoms with Gasteiger partial charge in [0.2, 0.25) is 5.91 Å². The van der Waals surface area contributed by atoms with Crippen molar-refractivity contribution in [3.8, 4) is 0 Å². The number of nitrogens with one attached hydrogen (secondary N) is 1. The number of hydrogen-bond donors (Lipinski definition) is 1. The van der Waals surface area contributed by atoms with Gasteiger partial charge in [-0.1, -0.05) is 65.8 Å². The smallest absolute Gasteiger partial charge is 0.220 e. The Morgan fingerprint density at radius 2 is 1.69 bits per heavy atom. The van der Waals surface area contributed by atoms with E-state index in [4.69, 9.17) is 11.6 Å². The molecule has 1 amide bonds. The standard InChI is InChI=1S/C20H18ClN3OS/c21-18-11-13-20(24-23-18)26-17-9-6-15(7-10-17)8-12-19(25)22-14-16-4-2-1-3-5-16/h1-7,9-11,13H,8,12,14H2,(H,22,25). The summed E-state index contributed by atoms with van der Waals surface area (Å²) in [5, 5.41) is 12.0. The molecule has 3 rings (SSSR count). The Hall–Kier alpha value is -2.37. The van der Waals surface area contributed by atoms with E-state index in [9.17, 15) is 4.79 Å². The van der Waals surface area contributed by atoms with Gasteiger partial charge < -0.3 is 5.32 Å². The zero-order valence-corrected chi connectivity index (χ0v) is 15.6. The molecule has 1 heterocycles. The van der Waals surface area contributed by atoms with Gasteiger partial charge in [-0.15, -0.1) is 10.2 Å². The van der Waals surface area contributed by atoms with E-state index in [2.05, 4.69) is 15.5 Å². The molecule has 26 heavy (non-hydrogen) atoms. The van der Waals surface area contributed by atoms with E-state index < -0.39 is 0 Å². The summed E-state index contributed by atoms with van der Waals surface area (Å²) in [7, 11) is 0. The third-order valence-electron chi connectivity index (χ3n) is 3.73. The second-order valence-corrected chi connectivity index (χ2v) is 7.18. The molecule has 0 atom stereocenters. The van der Waals surface area contributed by atoms with Crippen molar-refractivity contribution in [1.29, 1.82) is 0 Å². The molecule has 0 aliphatic carbocycles. The molecule has 0 saturated heterocycles. The van der Waals surface area contributed by atoms with Crippen LogP contribution in [-0.4, -0.2) is 16.1 Å². The third kappa shape index (κ3) is 5.86. The topological polar surface area (TPSA) is 54.9 Å². The number of rotatable bonds is 7. The first-order chi connectivity index (χ1) is 12.7. The van der Waals surface area contributed by atoms with Crippen LogP contribution in [0.1, 0.15) is 17.5 Å². The molecule has 0 bridgehead atoms. The summed E-state index contributed by atoms with van der Waals surface area (Å²) in [4.78, 5) is 13.1. The fourth-order valence-corrected chi connectivity index (χ4v) is 3.18. The Bertz CT molecular complexity index is 839. The maximum atomic E-state index is 12.0. The van der Waals surface area contributed by atoms with Crippen LogP contribution in [0.3, 0.4) is 0 Å². The zero-order valence-electron chi connectivity index (χ0n) is 14.1. The molecule has 4 nitrogen and oxygen atoms in total. The Labute approximate surface area is 162 Å². The number of aromatic nitrogens is 2. The quantitative estimate of drug-likeness (QED) is 0.651. The van der Waals surface area contributed by atoms with Crippen molar-refractivity contribution in [2.45, 2.75) is 29.3 Å². The van der Waals surface area contributed by atoms with Crippen molar-refractivity contribution >= 4 is 29.3 Å². The lowest BCUT2D eigenvalue weighted by Gasteiger charge is -2.06. The first-order valence-electron chi connectivity index (χ1n) is 8.26. The first-order valence-corrected chi connectivity index (χ1v) is 9.45. The molecule has 0 aliphatic heterocycles. The van der Waals surface area contributed by atoms with Crippen molar-refractivity contribution < 1.29 is 4.79 Å². The summed E-state index contributed by atoms with van der Waals surface area (Å²) in [5.74, 6) is 0.0590. The van der Waals surface area contributed by atoms with Crippen molar-refractivity contribution in [3.05, 3.63) is 83.0 Å². The summed E-state index contributed by atoms with van der Waals surface area (Å²) in [6, 6.07) is 21.6. The highest BCUT2D eigenvalue weighted by Gasteiger charge is 2.04. The van der Waals surface area contributed by atoms with Gasteiger partial charge in [-0.05, 0) is 41.8 Å². The molecule has 0 spiro atoms. The van der Waals surface area contributed by atoms with Crippen molar-refractivity contribution in [2.24, 2.45) is 0 Å². The fraction of sp³-hybridized carbons (Fsp3) is 0.150. The van der Waals surface area contributed by atoms with Gasteiger partial charge in [0.05, 0.1) is 0 Å². The second kappa shape index (κ2) is 9.36. The number of carbonyl (C=O) groups is 1. The molecule has 0 saturated carbocycles. The molecule has 2 aromatic carbocycles. The van der Waals surface area contributed by atoms with Gasteiger partial charge in [0.1, 0.15) is 5.03 Å². The lowest BCUT2D eigenvalue weighted by atomic mass is 10.1. The summed E-state index contributed by atoms with van der Waals surface area (Å²) < 4.78 is 0. The number of benzene rings is 2. The predicted octanol–water partition coefficient (Wildman–Crippen LogP) is 4.53. The number of amides is 1. The Morgan fingerprint density at radius 1 is 0.923 bits per heavy atom. The molecule has 0 fully saturated rings. The number of nitrogens with zero attached hydrogens (tertiary/aromatic N) is 2. The number of hydrogen-bond acceptors (Lipinski definition) is 4. The minimum absolute atomic E-state index is 0.0590. The normalized spacial score (nSPS) is 10.5. The van der Waals surface area contributed by atoms with Gasteiger partial charge in [-0.2, -0.15) is 0 Å². The third-order valence-corrected chi connectivity index (χ3v) is 4.86. The van der Waals surface area contributed by atoms with Gasteiger partial charge in [0.25, 0.3) is 0 Å². The van der Waals surface area contributed by atoms with Gasteiger partial charge in [0.15, 0.2) is 5.15 Å². The van der Waals surface area contributed by atoms with E-state index in [1.165, 1.54) is 11.8 Å². The van der Waals surface area contributed by atoms with Gasteiger partial charge in [-0.3, -0.25) is 4.79 Å². The van der Waals surface area contributed by atoms with Crippen molar-refractivity contribution in [1.82, 2.24) is 15.5 Å². The van der Waals surface area contributed by atoms with Crippen LogP contribution in [0.15, 0.2) is 76.7 Å². The number of halogens is 1. The zero-order chi connectivity index (χ0) is 18.2. The molecule has 0 unspecified atom stereocenters. The minimum Gasteiger partial charge on any atom is -0.352 e. The maximum absolute atomic E-state index is 12.0. The Balaban J connectivity index is 1.45.